The fourth-order valence-electron chi connectivity index (χ4n) is 1.74. The van der Waals surface area contributed by atoms with Gasteiger partial charge in [-0.1, -0.05) is 11.6 Å². The van der Waals surface area contributed by atoms with Crippen molar-refractivity contribution < 1.29 is 0 Å². The number of hydrogen-bond donors (Lipinski definition) is 0. The number of aromatic nitrogens is 4. The molecule has 0 unspecified atom stereocenters. The highest BCUT2D eigenvalue weighted by Crippen LogP contribution is 2.26. The maximum atomic E-state index is 6.09. The molecule has 86 valence electrons. The molecule has 3 rings (SSSR count). The topological polar surface area (TPSA) is 35.6 Å². The van der Waals surface area contributed by atoms with E-state index in [0.29, 0.717) is 0 Å². The van der Waals surface area contributed by atoms with E-state index in [1.807, 2.05) is 36.3 Å². The molecule has 17 heavy (non-hydrogen) atoms. The zero-order valence-corrected chi connectivity index (χ0v) is 11.8. The van der Waals surface area contributed by atoms with Crippen LogP contribution in [0.2, 0.25) is 5.02 Å². The van der Waals surface area contributed by atoms with E-state index in [4.69, 9.17) is 11.6 Å². The van der Waals surface area contributed by atoms with Crippen LogP contribution in [0.3, 0.4) is 0 Å². The molecule has 0 spiro atoms. The van der Waals surface area contributed by atoms with Gasteiger partial charge >= 0.3 is 0 Å². The third kappa shape index (κ3) is 1.83. The Bertz CT molecular complexity index is 701. The minimum atomic E-state index is 0.754. The van der Waals surface area contributed by atoms with Gasteiger partial charge in [-0.3, -0.25) is 4.68 Å². The van der Waals surface area contributed by atoms with Gasteiger partial charge in [0.05, 0.1) is 29.1 Å². The first-order valence-corrected chi connectivity index (χ1v) is 6.42. The van der Waals surface area contributed by atoms with Crippen molar-refractivity contribution >= 4 is 45.1 Å². The monoisotopic (exact) mass is 358 g/mol. The fraction of sp³-hybridized carbons (Fsp3) is 0.0909. The van der Waals surface area contributed by atoms with Crippen LogP contribution in [0.25, 0.3) is 16.6 Å². The number of benzene rings is 1. The van der Waals surface area contributed by atoms with Crippen molar-refractivity contribution in [3.8, 4) is 5.69 Å². The SMILES string of the molecule is Cn1cc(-n2ncc3cc(Cl)c(I)cc32)cn1. The van der Waals surface area contributed by atoms with Gasteiger partial charge in [-0.05, 0) is 34.7 Å². The summed E-state index contributed by atoms with van der Waals surface area (Å²) in [4.78, 5) is 0. The lowest BCUT2D eigenvalue weighted by Gasteiger charge is -2.01. The number of fused-ring (bicyclic) bond motifs is 1. The number of rotatable bonds is 1. The molecule has 0 aliphatic carbocycles. The molecule has 3 aromatic rings. The Morgan fingerprint density at radius 1 is 1.24 bits per heavy atom. The molecule has 0 fully saturated rings. The summed E-state index contributed by atoms with van der Waals surface area (Å²) in [6.07, 6.45) is 5.52. The average Bonchev–Trinajstić information content (AvgIpc) is 2.86. The lowest BCUT2D eigenvalue weighted by atomic mass is 10.2. The molecular formula is C11H8ClIN4. The Morgan fingerprint density at radius 2 is 2.06 bits per heavy atom. The van der Waals surface area contributed by atoms with Gasteiger partial charge in [0.1, 0.15) is 5.69 Å². The van der Waals surface area contributed by atoms with Gasteiger partial charge in [-0.15, -0.1) is 0 Å². The molecule has 0 saturated heterocycles. The van der Waals surface area contributed by atoms with E-state index in [1.54, 1.807) is 10.9 Å². The molecule has 0 amide bonds. The molecule has 2 aromatic heterocycles. The minimum absolute atomic E-state index is 0.754. The van der Waals surface area contributed by atoms with E-state index in [1.165, 1.54) is 0 Å². The number of nitrogens with zero attached hydrogens (tertiary/aromatic N) is 4. The van der Waals surface area contributed by atoms with Crippen molar-refractivity contribution in [2.24, 2.45) is 7.05 Å². The molecule has 0 bridgehead atoms. The molecule has 0 aliphatic heterocycles. The van der Waals surface area contributed by atoms with Crippen LogP contribution in [0.1, 0.15) is 0 Å². The molecule has 0 N–H and O–H groups in total. The highest BCUT2D eigenvalue weighted by Gasteiger charge is 2.09. The first-order valence-electron chi connectivity index (χ1n) is 4.97. The molecule has 6 heteroatoms. The van der Waals surface area contributed by atoms with Crippen LogP contribution in [0.15, 0.2) is 30.7 Å². The average molecular weight is 359 g/mol. The van der Waals surface area contributed by atoms with Gasteiger partial charge in [0, 0.05) is 16.0 Å². The molecule has 4 nitrogen and oxygen atoms in total. The molecule has 2 heterocycles. The van der Waals surface area contributed by atoms with Gasteiger partial charge in [0.25, 0.3) is 0 Å². The van der Waals surface area contributed by atoms with E-state index >= 15 is 0 Å². The summed E-state index contributed by atoms with van der Waals surface area (Å²) in [5.74, 6) is 0. The smallest absolute Gasteiger partial charge is 0.103 e. The van der Waals surface area contributed by atoms with Crippen LogP contribution in [-0.2, 0) is 7.05 Å². The lowest BCUT2D eigenvalue weighted by Crippen LogP contribution is -1.94. The first kappa shape index (κ1) is 11.0. The van der Waals surface area contributed by atoms with Crippen molar-refractivity contribution in [2.75, 3.05) is 0 Å². The fourth-order valence-corrected chi connectivity index (χ4v) is 2.37. The maximum absolute atomic E-state index is 6.09. The van der Waals surface area contributed by atoms with E-state index in [9.17, 15) is 0 Å². The number of hydrogen-bond acceptors (Lipinski definition) is 2. The minimum Gasteiger partial charge on any atom is -0.274 e. The van der Waals surface area contributed by atoms with Gasteiger partial charge in [-0.2, -0.15) is 10.2 Å². The van der Waals surface area contributed by atoms with E-state index < -0.39 is 0 Å². The van der Waals surface area contributed by atoms with Crippen LogP contribution in [0, 0.1) is 3.57 Å². The third-order valence-corrected chi connectivity index (χ3v) is 4.07. The third-order valence-electron chi connectivity index (χ3n) is 2.55. The standard InChI is InChI=1S/C11H8ClIN4/c1-16-6-8(5-14-16)17-11-3-10(13)9(12)2-7(11)4-15-17/h2-6H,1H3. The molecule has 0 saturated carbocycles. The summed E-state index contributed by atoms with van der Waals surface area (Å²) in [6.45, 7) is 0. The Morgan fingerprint density at radius 3 is 2.76 bits per heavy atom. The summed E-state index contributed by atoms with van der Waals surface area (Å²) in [5, 5.41) is 10.3. The Kier molecular flexibility index (Phi) is 2.59. The Balaban J connectivity index is 2.27. The van der Waals surface area contributed by atoms with Crippen molar-refractivity contribution in [3.63, 3.8) is 0 Å². The zero-order chi connectivity index (χ0) is 12.0. The number of aryl methyl sites for hydroxylation is 1. The van der Waals surface area contributed by atoms with E-state index in [2.05, 4.69) is 32.8 Å². The highest BCUT2D eigenvalue weighted by molar-refractivity contribution is 14.1. The second kappa shape index (κ2) is 3.99. The van der Waals surface area contributed by atoms with Gasteiger partial charge in [0.15, 0.2) is 0 Å². The lowest BCUT2D eigenvalue weighted by molar-refractivity contribution is 0.766. The normalized spacial score (nSPS) is 11.2. The van der Waals surface area contributed by atoms with Gasteiger partial charge < -0.3 is 0 Å². The zero-order valence-electron chi connectivity index (χ0n) is 8.93. The Labute approximate surface area is 116 Å². The summed E-state index contributed by atoms with van der Waals surface area (Å²) in [6, 6.07) is 3.96. The molecule has 0 aliphatic rings. The molecule has 0 atom stereocenters. The van der Waals surface area contributed by atoms with E-state index in [-0.39, 0.29) is 0 Å². The largest absolute Gasteiger partial charge is 0.274 e. The van der Waals surface area contributed by atoms with E-state index in [0.717, 1.165) is 25.2 Å². The Hall–Kier alpha value is -1.08. The van der Waals surface area contributed by atoms with Crippen LogP contribution in [0.5, 0.6) is 0 Å². The van der Waals surface area contributed by atoms with Crippen LogP contribution < -0.4 is 0 Å². The summed E-state index contributed by atoms with van der Waals surface area (Å²) < 4.78 is 4.63. The predicted molar refractivity (Wildman–Crippen MR) is 75.6 cm³/mol. The summed E-state index contributed by atoms with van der Waals surface area (Å²) in [5.41, 5.74) is 1.98. The summed E-state index contributed by atoms with van der Waals surface area (Å²) in [7, 11) is 1.88. The highest BCUT2D eigenvalue weighted by atomic mass is 127. The first-order chi connectivity index (χ1) is 8.15. The summed E-state index contributed by atoms with van der Waals surface area (Å²) >= 11 is 8.30. The quantitative estimate of drug-likeness (QED) is 0.627. The van der Waals surface area contributed by atoms with Crippen molar-refractivity contribution in [1.82, 2.24) is 19.6 Å². The second-order valence-electron chi connectivity index (χ2n) is 3.75. The van der Waals surface area contributed by atoms with Crippen molar-refractivity contribution in [1.29, 1.82) is 0 Å². The van der Waals surface area contributed by atoms with Crippen molar-refractivity contribution in [3.05, 3.63) is 39.3 Å². The molecule has 1 aromatic carbocycles. The van der Waals surface area contributed by atoms with Crippen LogP contribution in [-0.4, -0.2) is 19.6 Å². The molecular weight excluding hydrogens is 351 g/mol. The van der Waals surface area contributed by atoms with Crippen LogP contribution in [0.4, 0.5) is 0 Å². The maximum Gasteiger partial charge on any atom is 0.103 e. The van der Waals surface area contributed by atoms with Gasteiger partial charge in [-0.25, -0.2) is 4.68 Å². The van der Waals surface area contributed by atoms with Crippen LogP contribution >= 0.6 is 34.2 Å². The van der Waals surface area contributed by atoms with Crippen molar-refractivity contribution in [2.45, 2.75) is 0 Å². The van der Waals surface area contributed by atoms with Gasteiger partial charge in [0.2, 0.25) is 0 Å². The number of halogens is 2. The molecule has 0 radical (unpaired) electrons. The predicted octanol–water partition coefficient (Wildman–Crippen LogP) is 3.02. The second-order valence-corrected chi connectivity index (χ2v) is 5.32.